The molecule has 0 unspecified atom stereocenters. The first kappa shape index (κ1) is 28.9. The first-order valence-electron chi connectivity index (χ1n) is 10.3. The van der Waals surface area contributed by atoms with E-state index in [2.05, 4.69) is 0 Å². The molecule has 196 valence electrons. The first-order chi connectivity index (χ1) is 18.0. The van der Waals surface area contributed by atoms with Crippen LogP contribution >= 0.6 is 102 Å². The quantitative estimate of drug-likeness (QED) is 0.0998. The molecular weight excluding hydrogens is 925 g/mol. The van der Waals surface area contributed by atoms with Gasteiger partial charge in [0.15, 0.2) is 5.75 Å². The van der Waals surface area contributed by atoms with Gasteiger partial charge in [-0.15, -0.1) is 0 Å². The fourth-order valence-corrected chi connectivity index (χ4v) is 13.3. The summed E-state index contributed by atoms with van der Waals surface area (Å²) in [5, 5.41) is 11.5. The molecule has 0 bridgehead atoms. The van der Waals surface area contributed by atoms with Crippen LogP contribution in [0, 0.1) is 10.7 Å². The lowest BCUT2D eigenvalue weighted by molar-refractivity contribution is 0.471. The zero-order chi connectivity index (χ0) is 27.2. The van der Waals surface area contributed by atoms with Gasteiger partial charge in [-0.25, -0.2) is 0 Å². The van der Waals surface area contributed by atoms with Gasteiger partial charge in [0.05, 0.1) is 7.14 Å². The predicted molar refractivity (Wildman–Crippen MR) is 179 cm³/mol. The molecule has 1 N–H and O–H groups in total. The molecule has 6 nitrogen and oxygen atoms in total. The maximum Gasteiger partial charge on any atom is 0.340 e. The molecule has 2 aromatic carbocycles. The van der Waals surface area contributed by atoms with Crippen molar-refractivity contribution in [2.75, 3.05) is 0 Å². The van der Waals surface area contributed by atoms with E-state index < -0.39 is 25.1 Å². The van der Waals surface area contributed by atoms with Gasteiger partial charge in [-0.2, -0.15) is 50.8 Å². The van der Waals surface area contributed by atoms with Crippen LogP contribution in [0.2, 0.25) is 0 Å². The van der Waals surface area contributed by atoms with Crippen molar-refractivity contribution in [3.63, 3.8) is 0 Å². The Kier molecular flexibility index (Phi) is 8.63. The van der Waals surface area contributed by atoms with E-state index >= 15 is 0 Å². The summed E-state index contributed by atoms with van der Waals surface area (Å²) in [6, 6.07) is 10.8. The number of hydrogen-bond donors (Lipinski definition) is 1. The summed E-state index contributed by atoms with van der Waals surface area (Å²) in [4.78, 5) is -0.417. The Morgan fingerprint density at radius 1 is 0.658 bits per heavy atom. The highest BCUT2D eigenvalue weighted by Gasteiger charge is 2.32. The standard InChI is InChI=1S/C24H13I3O6S5/c25-19-9-20(26)24(37(28,29)30)21(27)22(19)33-38(31,32)23-17(14-2-5-35-11-14)7-16(13-1-4-34-10-13)8-18(23)15-3-6-36-12-15/h1-12H,(H,28,29,30). The van der Waals surface area contributed by atoms with Crippen molar-refractivity contribution in [2.24, 2.45) is 0 Å². The smallest absolute Gasteiger partial charge is 0.340 e. The highest BCUT2D eigenvalue weighted by Crippen LogP contribution is 2.44. The SMILES string of the molecule is O=S(=O)(O)c1c(I)cc(I)c(OS(=O)(=O)c2c(-c3ccsc3)cc(-c3ccsc3)cc2-c2ccsc2)c1I. The van der Waals surface area contributed by atoms with Gasteiger partial charge in [-0.1, -0.05) is 0 Å². The van der Waals surface area contributed by atoms with Crippen molar-refractivity contribution < 1.29 is 25.6 Å². The largest absolute Gasteiger partial charge is 0.377 e. The molecule has 3 heterocycles. The molecule has 0 fully saturated rings. The van der Waals surface area contributed by atoms with Crippen molar-refractivity contribution in [3.8, 4) is 39.1 Å². The van der Waals surface area contributed by atoms with Gasteiger partial charge in [0.2, 0.25) is 0 Å². The van der Waals surface area contributed by atoms with Crippen molar-refractivity contribution in [3.05, 3.63) is 79.4 Å². The molecule has 5 aromatic rings. The lowest BCUT2D eigenvalue weighted by Crippen LogP contribution is -2.16. The summed E-state index contributed by atoms with van der Waals surface area (Å²) in [7, 11) is -9.14. The van der Waals surface area contributed by atoms with Gasteiger partial charge in [-0.3, -0.25) is 4.55 Å². The van der Waals surface area contributed by atoms with E-state index in [0.717, 1.165) is 22.3 Å². The summed E-state index contributed by atoms with van der Waals surface area (Å²) in [6.07, 6.45) is 0. The molecule has 5 rings (SSSR count). The van der Waals surface area contributed by atoms with E-state index in [1.807, 2.05) is 85.2 Å². The Bertz CT molecular complexity index is 1790. The topological polar surface area (TPSA) is 97.7 Å². The van der Waals surface area contributed by atoms with E-state index in [0.29, 0.717) is 14.7 Å². The Labute approximate surface area is 272 Å². The maximum atomic E-state index is 14.1. The van der Waals surface area contributed by atoms with Gasteiger partial charge in [0.1, 0.15) is 9.79 Å². The van der Waals surface area contributed by atoms with Crippen LogP contribution in [0.3, 0.4) is 0 Å². The summed E-state index contributed by atoms with van der Waals surface area (Å²) in [5.74, 6) is -0.159. The highest BCUT2D eigenvalue weighted by molar-refractivity contribution is 14.1. The minimum Gasteiger partial charge on any atom is -0.377 e. The molecule has 14 heteroatoms. The van der Waals surface area contributed by atoms with E-state index in [9.17, 15) is 21.4 Å². The second-order valence-electron chi connectivity index (χ2n) is 7.76. The van der Waals surface area contributed by atoms with Crippen LogP contribution in [-0.2, 0) is 20.2 Å². The molecule has 0 aliphatic carbocycles. The second-order valence-corrected chi connectivity index (χ2v) is 16.3. The van der Waals surface area contributed by atoms with Crippen LogP contribution in [0.15, 0.2) is 78.5 Å². The molecule has 0 saturated heterocycles. The molecule has 0 radical (unpaired) electrons. The zero-order valence-electron chi connectivity index (χ0n) is 18.6. The van der Waals surface area contributed by atoms with Crippen molar-refractivity contribution in [1.29, 1.82) is 0 Å². The van der Waals surface area contributed by atoms with Crippen molar-refractivity contribution >= 4 is 122 Å². The summed E-state index contributed by atoms with van der Waals surface area (Å²) >= 11 is 9.82. The summed E-state index contributed by atoms with van der Waals surface area (Å²) in [6.45, 7) is 0. The average molecular weight is 938 g/mol. The normalized spacial score (nSPS) is 12.1. The summed E-state index contributed by atoms with van der Waals surface area (Å²) < 4.78 is 68.6. The molecule has 0 saturated carbocycles. The third-order valence-corrected chi connectivity index (χ3v) is 13.1. The van der Waals surface area contributed by atoms with Gasteiger partial charge in [-0.05, 0) is 159 Å². The Balaban J connectivity index is 1.79. The third kappa shape index (κ3) is 5.74. The van der Waals surface area contributed by atoms with E-state index in [1.165, 1.54) is 28.7 Å². The minimum absolute atomic E-state index is 0.0194. The maximum absolute atomic E-state index is 14.1. The van der Waals surface area contributed by atoms with Crippen LogP contribution in [0.25, 0.3) is 33.4 Å². The van der Waals surface area contributed by atoms with Gasteiger partial charge in [0, 0.05) is 14.7 Å². The molecule has 0 amide bonds. The number of thiophene rings is 3. The Morgan fingerprint density at radius 3 is 1.61 bits per heavy atom. The molecule has 0 aliphatic rings. The lowest BCUT2D eigenvalue weighted by atomic mass is 9.96. The summed E-state index contributed by atoms with van der Waals surface area (Å²) in [5.41, 5.74) is 4.21. The number of rotatable bonds is 7. The van der Waals surface area contributed by atoms with Gasteiger partial charge >= 0.3 is 10.1 Å². The van der Waals surface area contributed by atoms with Crippen LogP contribution in [0.4, 0.5) is 0 Å². The molecule has 3 aromatic heterocycles. The molecule has 0 aliphatic heterocycles. The Morgan fingerprint density at radius 2 is 1.16 bits per heavy atom. The number of hydrogen-bond acceptors (Lipinski definition) is 8. The molecule has 38 heavy (non-hydrogen) atoms. The fraction of sp³-hybridized carbons (Fsp3) is 0. The highest BCUT2D eigenvalue weighted by atomic mass is 127. The van der Waals surface area contributed by atoms with Crippen LogP contribution in [-0.4, -0.2) is 21.4 Å². The Hall–Kier alpha value is -0.610. The van der Waals surface area contributed by atoms with E-state index in [-0.39, 0.29) is 17.8 Å². The molecular formula is C24H13I3O6S5. The van der Waals surface area contributed by atoms with Crippen molar-refractivity contribution in [2.45, 2.75) is 9.79 Å². The van der Waals surface area contributed by atoms with E-state index in [4.69, 9.17) is 4.18 Å². The van der Waals surface area contributed by atoms with E-state index in [1.54, 1.807) is 56.5 Å². The zero-order valence-corrected chi connectivity index (χ0v) is 29.1. The number of benzene rings is 2. The monoisotopic (exact) mass is 938 g/mol. The molecule has 0 atom stereocenters. The first-order valence-corrected chi connectivity index (χ1v) is 19.2. The van der Waals surface area contributed by atoms with Crippen LogP contribution in [0.1, 0.15) is 0 Å². The average Bonchev–Trinajstić information content (AvgIpc) is 3.63. The van der Waals surface area contributed by atoms with Crippen molar-refractivity contribution in [1.82, 2.24) is 0 Å². The second kappa shape index (κ2) is 11.3. The number of halogens is 3. The van der Waals surface area contributed by atoms with Gasteiger partial charge < -0.3 is 4.18 Å². The van der Waals surface area contributed by atoms with Gasteiger partial charge in [0.25, 0.3) is 10.1 Å². The van der Waals surface area contributed by atoms with Crippen LogP contribution in [0.5, 0.6) is 5.75 Å². The lowest BCUT2D eigenvalue weighted by Gasteiger charge is -2.19. The predicted octanol–water partition coefficient (Wildman–Crippen LogP) is 8.70. The van der Waals surface area contributed by atoms with Crippen LogP contribution < -0.4 is 4.18 Å². The third-order valence-electron chi connectivity index (χ3n) is 5.39. The fourth-order valence-electron chi connectivity index (χ4n) is 3.78. The minimum atomic E-state index is -4.63. The molecule has 0 spiro atoms.